The second kappa shape index (κ2) is 8.72. The van der Waals surface area contributed by atoms with E-state index >= 15 is 0 Å². The minimum atomic E-state index is 0.569. The molecule has 1 nitrogen and oxygen atoms in total. The normalized spacial score (nSPS) is 14.6. The zero-order chi connectivity index (χ0) is 11.7. The molecule has 1 heteroatoms. The Labute approximate surface area is 95.4 Å². The quantitative estimate of drug-likeness (QED) is 0.572. The summed E-state index contributed by atoms with van der Waals surface area (Å²) in [6.07, 6.45) is 8.27. The maximum atomic E-state index is 5.58. The Balaban J connectivity index is 3.86. The Bertz CT molecular complexity index is 184. The highest BCUT2D eigenvalue weighted by atomic mass is 14.5. The van der Waals surface area contributed by atoms with E-state index in [0.717, 1.165) is 12.3 Å². The predicted octanol–water partition coefficient (Wildman–Crippen LogP) is 3.91. The predicted molar refractivity (Wildman–Crippen MR) is 69.8 cm³/mol. The smallest absolute Gasteiger partial charge is 0.0136 e. The van der Waals surface area contributed by atoms with E-state index in [4.69, 9.17) is 5.73 Å². The molecule has 0 amide bonds. The standard InChI is InChI=1S/C14H27N/c1-5-7-14(8-6-2)10-9-12(3)13(4)11-15/h5,12,14H,1,4,6-11,15H2,2-3H3. The summed E-state index contributed by atoms with van der Waals surface area (Å²) in [5.41, 5.74) is 6.77. The third kappa shape index (κ3) is 6.51. The first-order valence-electron chi connectivity index (χ1n) is 6.14. The number of nitrogens with two attached hydrogens (primary N) is 1. The number of allylic oxidation sites excluding steroid dienone is 1. The summed E-state index contributed by atoms with van der Waals surface area (Å²) in [4.78, 5) is 0. The zero-order valence-corrected chi connectivity index (χ0v) is 10.5. The lowest BCUT2D eigenvalue weighted by Crippen LogP contribution is -2.11. The monoisotopic (exact) mass is 209 g/mol. The van der Waals surface area contributed by atoms with Crippen LogP contribution in [-0.4, -0.2) is 6.54 Å². The Morgan fingerprint density at radius 1 is 1.33 bits per heavy atom. The molecule has 0 bridgehead atoms. The maximum Gasteiger partial charge on any atom is 0.0136 e. The molecule has 0 aliphatic carbocycles. The fourth-order valence-electron chi connectivity index (χ4n) is 1.92. The molecule has 0 rings (SSSR count). The third-order valence-corrected chi connectivity index (χ3v) is 3.16. The fraction of sp³-hybridized carbons (Fsp3) is 0.714. The van der Waals surface area contributed by atoms with Gasteiger partial charge in [0.05, 0.1) is 0 Å². The Morgan fingerprint density at radius 3 is 2.47 bits per heavy atom. The van der Waals surface area contributed by atoms with Crippen LogP contribution in [0.15, 0.2) is 24.8 Å². The Morgan fingerprint density at radius 2 is 2.00 bits per heavy atom. The first-order valence-corrected chi connectivity index (χ1v) is 6.14. The van der Waals surface area contributed by atoms with E-state index in [1.165, 1.54) is 31.3 Å². The fourth-order valence-corrected chi connectivity index (χ4v) is 1.92. The minimum Gasteiger partial charge on any atom is -0.327 e. The summed E-state index contributed by atoms with van der Waals surface area (Å²) in [7, 11) is 0. The van der Waals surface area contributed by atoms with Gasteiger partial charge in [0.1, 0.15) is 0 Å². The van der Waals surface area contributed by atoms with E-state index in [-0.39, 0.29) is 0 Å². The number of hydrogen-bond acceptors (Lipinski definition) is 1. The summed E-state index contributed by atoms with van der Waals surface area (Å²) in [6.45, 7) is 12.9. The van der Waals surface area contributed by atoms with Crippen molar-refractivity contribution in [2.45, 2.75) is 46.0 Å². The van der Waals surface area contributed by atoms with Crippen LogP contribution < -0.4 is 5.73 Å². The second-order valence-corrected chi connectivity index (χ2v) is 4.52. The molecule has 88 valence electrons. The van der Waals surface area contributed by atoms with Gasteiger partial charge in [0.25, 0.3) is 0 Å². The largest absolute Gasteiger partial charge is 0.327 e. The van der Waals surface area contributed by atoms with Crippen molar-refractivity contribution in [3.8, 4) is 0 Å². The van der Waals surface area contributed by atoms with Gasteiger partial charge in [-0.2, -0.15) is 0 Å². The van der Waals surface area contributed by atoms with Gasteiger partial charge in [-0.3, -0.25) is 0 Å². The molecule has 0 radical (unpaired) electrons. The molecule has 2 unspecified atom stereocenters. The van der Waals surface area contributed by atoms with Crippen LogP contribution in [0.4, 0.5) is 0 Å². The van der Waals surface area contributed by atoms with Crippen LogP contribution in [0.1, 0.15) is 46.0 Å². The first-order chi connectivity index (χ1) is 7.15. The molecule has 0 aliphatic rings. The molecule has 2 atom stereocenters. The molecule has 0 saturated heterocycles. The Hall–Kier alpha value is -0.560. The van der Waals surface area contributed by atoms with Gasteiger partial charge in [-0.25, -0.2) is 0 Å². The van der Waals surface area contributed by atoms with Crippen LogP contribution in [0.2, 0.25) is 0 Å². The van der Waals surface area contributed by atoms with Crippen molar-refractivity contribution < 1.29 is 0 Å². The molecular formula is C14H27N. The van der Waals surface area contributed by atoms with Gasteiger partial charge < -0.3 is 5.73 Å². The molecule has 0 heterocycles. The van der Waals surface area contributed by atoms with Crippen molar-refractivity contribution in [2.75, 3.05) is 6.54 Å². The van der Waals surface area contributed by atoms with Crippen molar-refractivity contribution in [1.29, 1.82) is 0 Å². The summed E-state index contributed by atoms with van der Waals surface area (Å²) >= 11 is 0. The van der Waals surface area contributed by atoms with Crippen molar-refractivity contribution >= 4 is 0 Å². The third-order valence-electron chi connectivity index (χ3n) is 3.16. The van der Waals surface area contributed by atoms with Crippen molar-refractivity contribution in [1.82, 2.24) is 0 Å². The minimum absolute atomic E-state index is 0.569. The van der Waals surface area contributed by atoms with Crippen LogP contribution in [0.5, 0.6) is 0 Å². The number of hydrogen-bond donors (Lipinski definition) is 1. The molecule has 0 saturated carbocycles. The van der Waals surface area contributed by atoms with Crippen LogP contribution in [0.3, 0.4) is 0 Å². The van der Waals surface area contributed by atoms with Gasteiger partial charge in [0, 0.05) is 6.54 Å². The lowest BCUT2D eigenvalue weighted by atomic mass is 9.88. The van der Waals surface area contributed by atoms with Crippen LogP contribution in [-0.2, 0) is 0 Å². The molecule has 15 heavy (non-hydrogen) atoms. The molecular weight excluding hydrogens is 182 g/mol. The summed E-state index contributed by atoms with van der Waals surface area (Å²) in [5.74, 6) is 1.37. The van der Waals surface area contributed by atoms with Gasteiger partial charge >= 0.3 is 0 Å². The highest BCUT2D eigenvalue weighted by Crippen LogP contribution is 2.23. The number of rotatable bonds is 9. The zero-order valence-electron chi connectivity index (χ0n) is 10.5. The van der Waals surface area contributed by atoms with Crippen molar-refractivity contribution in [2.24, 2.45) is 17.6 Å². The van der Waals surface area contributed by atoms with Gasteiger partial charge in [-0.05, 0) is 31.1 Å². The van der Waals surface area contributed by atoms with E-state index in [0.29, 0.717) is 12.5 Å². The molecule has 0 aromatic heterocycles. The van der Waals surface area contributed by atoms with Gasteiger partial charge in [-0.15, -0.1) is 6.58 Å². The summed E-state index contributed by atoms with van der Waals surface area (Å²) < 4.78 is 0. The molecule has 0 aromatic rings. The van der Waals surface area contributed by atoms with Crippen LogP contribution in [0, 0.1) is 11.8 Å². The lowest BCUT2D eigenvalue weighted by Gasteiger charge is -2.18. The van der Waals surface area contributed by atoms with E-state index in [2.05, 4.69) is 27.0 Å². The topological polar surface area (TPSA) is 26.0 Å². The maximum absolute atomic E-state index is 5.58. The summed E-state index contributed by atoms with van der Waals surface area (Å²) in [5, 5.41) is 0. The summed E-state index contributed by atoms with van der Waals surface area (Å²) in [6, 6.07) is 0. The van der Waals surface area contributed by atoms with E-state index in [1.807, 2.05) is 6.08 Å². The molecule has 0 aliphatic heterocycles. The van der Waals surface area contributed by atoms with E-state index < -0.39 is 0 Å². The van der Waals surface area contributed by atoms with E-state index in [1.54, 1.807) is 0 Å². The van der Waals surface area contributed by atoms with Crippen LogP contribution in [0.25, 0.3) is 0 Å². The molecule has 0 aromatic carbocycles. The average molecular weight is 209 g/mol. The SMILES string of the molecule is C=CCC(CCC)CCC(C)C(=C)CN. The van der Waals surface area contributed by atoms with Gasteiger partial charge in [0.15, 0.2) is 0 Å². The van der Waals surface area contributed by atoms with Crippen molar-refractivity contribution in [3.05, 3.63) is 24.8 Å². The molecule has 2 N–H and O–H groups in total. The highest BCUT2D eigenvalue weighted by molar-refractivity contribution is 5.00. The lowest BCUT2D eigenvalue weighted by molar-refractivity contribution is 0.406. The highest BCUT2D eigenvalue weighted by Gasteiger charge is 2.10. The average Bonchev–Trinajstić information content (AvgIpc) is 2.25. The van der Waals surface area contributed by atoms with E-state index in [9.17, 15) is 0 Å². The first kappa shape index (κ1) is 14.4. The van der Waals surface area contributed by atoms with Gasteiger partial charge in [-0.1, -0.05) is 44.9 Å². The van der Waals surface area contributed by atoms with Crippen LogP contribution >= 0.6 is 0 Å². The van der Waals surface area contributed by atoms with Gasteiger partial charge in [0.2, 0.25) is 0 Å². The molecule has 0 spiro atoms. The Kier molecular flexibility index (Phi) is 8.40. The second-order valence-electron chi connectivity index (χ2n) is 4.52. The van der Waals surface area contributed by atoms with Crippen molar-refractivity contribution in [3.63, 3.8) is 0 Å². The molecule has 0 fully saturated rings.